The van der Waals surface area contributed by atoms with Crippen LogP contribution in [0.4, 0.5) is 0 Å². The smallest absolute Gasteiger partial charge is 0.124 e. The highest BCUT2D eigenvalue weighted by Gasteiger charge is 2.46. The highest BCUT2D eigenvalue weighted by molar-refractivity contribution is 5.52. The van der Waals surface area contributed by atoms with Gasteiger partial charge in [-0.25, -0.2) is 0 Å². The van der Waals surface area contributed by atoms with Crippen molar-refractivity contribution in [3.05, 3.63) is 23.3 Å². The van der Waals surface area contributed by atoms with E-state index in [2.05, 4.69) is 67.5 Å². The van der Waals surface area contributed by atoms with Crippen LogP contribution in [0.5, 0.6) is 11.5 Å². The molecule has 1 fully saturated rings. The summed E-state index contributed by atoms with van der Waals surface area (Å²) in [6, 6.07) is 4.69. The molecule has 1 saturated carbocycles. The van der Waals surface area contributed by atoms with Gasteiger partial charge in [0.05, 0.1) is 6.61 Å². The second-order valence-electron chi connectivity index (χ2n) is 11.7. The zero-order chi connectivity index (χ0) is 22.1. The first-order chi connectivity index (χ1) is 14.1. The number of hydrogen-bond donors (Lipinski definition) is 0. The lowest BCUT2D eigenvalue weighted by Gasteiger charge is -2.49. The summed E-state index contributed by atoms with van der Waals surface area (Å²) in [5.74, 6) is 4.89. The third-order valence-electron chi connectivity index (χ3n) is 7.73. The molecule has 1 aliphatic carbocycles. The van der Waals surface area contributed by atoms with Gasteiger partial charge in [0.15, 0.2) is 0 Å². The Kier molecular flexibility index (Phi) is 7.15. The van der Waals surface area contributed by atoms with Crippen molar-refractivity contribution in [2.45, 2.75) is 117 Å². The maximum Gasteiger partial charge on any atom is 0.124 e. The first-order valence-electron chi connectivity index (χ1n) is 12.6. The maximum atomic E-state index is 6.65. The fourth-order valence-corrected chi connectivity index (χ4v) is 5.65. The summed E-state index contributed by atoms with van der Waals surface area (Å²) in [6.07, 6.45) is 8.59. The third kappa shape index (κ3) is 5.00. The van der Waals surface area contributed by atoms with Gasteiger partial charge in [-0.2, -0.15) is 0 Å². The molecule has 1 aliphatic heterocycles. The normalized spacial score (nSPS) is 26.8. The number of benzene rings is 1. The lowest BCUT2D eigenvalue weighted by Crippen LogP contribution is -2.45. The van der Waals surface area contributed by atoms with Crippen LogP contribution in [0.25, 0.3) is 0 Å². The molecule has 0 aromatic heterocycles. The topological polar surface area (TPSA) is 18.5 Å². The molecule has 2 bridgehead atoms. The molecule has 1 aromatic rings. The van der Waals surface area contributed by atoms with Crippen molar-refractivity contribution in [2.75, 3.05) is 6.61 Å². The molecule has 170 valence electrons. The average molecular weight is 415 g/mol. The molecule has 3 rings (SSSR count). The average Bonchev–Trinajstić information content (AvgIpc) is 2.66. The lowest BCUT2D eigenvalue weighted by molar-refractivity contribution is -0.00800. The van der Waals surface area contributed by atoms with Crippen molar-refractivity contribution in [2.24, 2.45) is 17.8 Å². The molecule has 2 heteroatoms. The Hall–Kier alpha value is -1.18. The Labute approximate surface area is 186 Å². The first-order valence-corrected chi connectivity index (χ1v) is 12.6. The second kappa shape index (κ2) is 9.13. The zero-order valence-corrected chi connectivity index (χ0v) is 20.9. The van der Waals surface area contributed by atoms with Crippen LogP contribution in [-0.4, -0.2) is 12.2 Å². The van der Waals surface area contributed by atoms with Crippen LogP contribution in [0.15, 0.2) is 12.1 Å². The quantitative estimate of drug-likeness (QED) is 0.426. The molecule has 0 radical (unpaired) electrons. The number of rotatable bonds is 8. The van der Waals surface area contributed by atoms with Crippen LogP contribution in [0.2, 0.25) is 0 Å². The minimum Gasteiger partial charge on any atom is -0.493 e. The summed E-state index contributed by atoms with van der Waals surface area (Å²) >= 11 is 0. The molecule has 30 heavy (non-hydrogen) atoms. The van der Waals surface area contributed by atoms with E-state index in [0.29, 0.717) is 17.8 Å². The molecular formula is C28H46O2. The fraction of sp³-hybridized carbons (Fsp3) is 0.786. The molecule has 4 unspecified atom stereocenters. The number of hydrogen-bond acceptors (Lipinski definition) is 2. The van der Waals surface area contributed by atoms with E-state index < -0.39 is 0 Å². The van der Waals surface area contributed by atoms with Gasteiger partial charge in [0.2, 0.25) is 0 Å². The van der Waals surface area contributed by atoms with Gasteiger partial charge < -0.3 is 9.47 Å². The molecule has 1 aromatic carbocycles. The van der Waals surface area contributed by atoms with E-state index in [9.17, 15) is 0 Å². The third-order valence-corrected chi connectivity index (χ3v) is 7.73. The summed E-state index contributed by atoms with van der Waals surface area (Å²) in [7, 11) is 0. The Bertz CT molecular complexity index is 714. The van der Waals surface area contributed by atoms with Gasteiger partial charge in [0.1, 0.15) is 17.1 Å². The van der Waals surface area contributed by atoms with Crippen LogP contribution in [0.1, 0.15) is 117 Å². The van der Waals surface area contributed by atoms with E-state index in [1.807, 2.05) is 0 Å². The van der Waals surface area contributed by atoms with Crippen LogP contribution in [0.3, 0.4) is 0 Å². The molecule has 1 heterocycles. The Morgan fingerprint density at radius 1 is 1.20 bits per heavy atom. The predicted octanol–water partition coefficient (Wildman–Crippen LogP) is 8.27. The predicted molar refractivity (Wildman–Crippen MR) is 128 cm³/mol. The van der Waals surface area contributed by atoms with Gasteiger partial charge in [-0.3, -0.25) is 0 Å². The highest BCUT2D eigenvalue weighted by Crippen LogP contribution is 2.55. The highest BCUT2D eigenvalue weighted by atomic mass is 16.5. The summed E-state index contributed by atoms with van der Waals surface area (Å²) in [6.45, 7) is 19.4. The number of unbranched alkanes of at least 4 members (excludes halogenated alkanes) is 1. The van der Waals surface area contributed by atoms with Gasteiger partial charge in [-0.15, -0.1) is 0 Å². The molecule has 2 nitrogen and oxygen atoms in total. The summed E-state index contributed by atoms with van der Waals surface area (Å²) in [5.41, 5.74) is 2.71. The molecular weight excluding hydrogens is 368 g/mol. The fourth-order valence-electron chi connectivity index (χ4n) is 5.65. The van der Waals surface area contributed by atoms with Crippen molar-refractivity contribution < 1.29 is 9.47 Å². The maximum absolute atomic E-state index is 6.65. The standard InChI is InChI=1S/C28H46O2/c1-9-11-12-20(10-2)18-29-26-15-22-23-17-28(8,14-13-21(23)19(3)4)30-25(22)16-24(26)27(5,6)7/h15-16,19-21,23H,9-14,17-18H2,1-8H3. The molecule has 0 N–H and O–H groups in total. The van der Waals surface area contributed by atoms with Crippen LogP contribution in [0, 0.1) is 17.8 Å². The number of ether oxygens (including phenoxy) is 2. The molecule has 4 atom stereocenters. The molecule has 0 spiro atoms. The van der Waals surface area contributed by atoms with Crippen molar-refractivity contribution in [1.82, 2.24) is 0 Å². The van der Waals surface area contributed by atoms with E-state index in [1.54, 1.807) is 0 Å². The van der Waals surface area contributed by atoms with E-state index in [1.165, 1.54) is 49.7 Å². The van der Waals surface area contributed by atoms with E-state index >= 15 is 0 Å². The van der Waals surface area contributed by atoms with Crippen LogP contribution in [-0.2, 0) is 5.41 Å². The van der Waals surface area contributed by atoms with Crippen molar-refractivity contribution in [3.63, 3.8) is 0 Å². The second-order valence-corrected chi connectivity index (χ2v) is 11.7. The Morgan fingerprint density at radius 3 is 2.53 bits per heavy atom. The molecule has 0 saturated heterocycles. The van der Waals surface area contributed by atoms with E-state index in [4.69, 9.17) is 9.47 Å². The zero-order valence-electron chi connectivity index (χ0n) is 20.9. The van der Waals surface area contributed by atoms with Crippen LogP contribution >= 0.6 is 0 Å². The Morgan fingerprint density at radius 2 is 1.93 bits per heavy atom. The summed E-state index contributed by atoms with van der Waals surface area (Å²) in [4.78, 5) is 0. The van der Waals surface area contributed by atoms with Crippen LogP contribution < -0.4 is 9.47 Å². The monoisotopic (exact) mass is 414 g/mol. The van der Waals surface area contributed by atoms with Gasteiger partial charge in [-0.05, 0) is 73.8 Å². The molecule has 0 amide bonds. The largest absolute Gasteiger partial charge is 0.493 e. The van der Waals surface area contributed by atoms with Gasteiger partial charge in [0.25, 0.3) is 0 Å². The van der Waals surface area contributed by atoms with Gasteiger partial charge in [-0.1, -0.05) is 67.7 Å². The molecule has 2 aliphatic rings. The summed E-state index contributed by atoms with van der Waals surface area (Å²) < 4.78 is 13.2. The minimum absolute atomic E-state index is 0.00591. The van der Waals surface area contributed by atoms with Crippen molar-refractivity contribution >= 4 is 0 Å². The van der Waals surface area contributed by atoms with Gasteiger partial charge in [0, 0.05) is 11.1 Å². The summed E-state index contributed by atoms with van der Waals surface area (Å²) in [5, 5.41) is 0. The van der Waals surface area contributed by atoms with E-state index in [0.717, 1.165) is 30.4 Å². The number of fused-ring (bicyclic) bond motifs is 4. The van der Waals surface area contributed by atoms with Crippen molar-refractivity contribution in [1.29, 1.82) is 0 Å². The van der Waals surface area contributed by atoms with E-state index in [-0.39, 0.29) is 11.0 Å². The SMILES string of the molecule is CCCCC(CC)COc1cc2c(cc1C(C)(C)C)OC1(C)CCC(C(C)C)C2C1. The van der Waals surface area contributed by atoms with Crippen molar-refractivity contribution in [3.8, 4) is 11.5 Å². The Balaban J connectivity index is 1.96. The first kappa shape index (κ1) is 23.5. The lowest BCUT2D eigenvalue weighted by atomic mass is 9.64. The minimum atomic E-state index is -0.00591. The van der Waals surface area contributed by atoms with Gasteiger partial charge >= 0.3 is 0 Å².